The Kier molecular flexibility index (Phi) is 4.47. The fourth-order valence-electron chi connectivity index (χ4n) is 2.33. The van der Waals surface area contributed by atoms with Crippen molar-refractivity contribution in [3.63, 3.8) is 0 Å². The molecule has 2 rings (SSSR count). The standard InChI is InChI=1S/C13H22N4O/c1-10(2)8-17-13(15-9-16-17)7-12(18)11-5-3-4-6-14-11/h9-11,14H,3-8H2,1-2H3. The lowest BCUT2D eigenvalue weighted by Gasteiger charge is -2.22. The van der Waals surface area contributed by atoms with Gasteiger partial charge in [0.25, 0.3) is 0 Å². The van der Waals surface area contributed by atoms with Crippen LogP contribution in [-0.4, -0.2) is 33.1 Å². The van der Waals surface area contributed by atoms with Crippen molar-refractivity contribution in [1.82, 2.24) is 20.1 Å². The van der Waals surface area contributed by atoms with E-state index in [1.54, 1.807) is 6.33 Å². The summed E-state index contributed by atoms with van der Waals surface area (Å²) in [6, 6.07) is 0.0166. The number of ketones is 1. The monoisotopic (exact) mass is 250 g/mol. The second-order valence-corrected chi connectivity index (χ2v) is 5.40. The van der Waals surface area contributed by atoms with Crippen LogP contribution in [0.5, 0.6) is 0 Å². The van der Waals surface area contributed by atoms with E-state index in [9.17, 15) is 4.79 Å². The zero-order chi connectivity index (χ0) is 13.0. The molecule has 1 atom stereocenters. The minimum absolute atomic E-state index is 0.0166. The van der Waals surface area contributed by atoms with Crippen LogP contribution in [0, 0.1) is 5.92 Å². The van der Waals surface area contributed by atoms with Crippen LogP contribution in [0.4, 0.5) is 0 Å². The van der Waals surface area contributed by atoms with Gasteiger partial charge in [0.1, 0.15) is 12.2 Å². The Bertz CT molecular complexity index is 393. The third-order valence-corrected chi connectivity index (χ3v) is 3.27. The number of Topliss-reactive ketones (excluding diaryl/α,β-unsaturated/α-hetero) is 1. The third-order valence-electron chi connectivity index (χ3n) is 3.27. The van der Waals surface area contributed by atoms with Crippen molar-refractivity contribution in [3.05, 3.63) is 12.2 Å². The first kappa shape index (κ1) is 13.2. The summed E-state index contributed by atoms with van der Waals surface area (Å²) in [5.41, 5.74) is 0. The number of carbonyl (C=O) groups is 1. The number of nitrogens with zero attached hydrogens (tertiary/aromatic N) is 3. The lowest BCUT2D eigenvalue weighted by molar-refractivity contribution is -0.121. The molecule has 1 saturated heterocycles. The molecule has 1 unspecified atom stereocenters. The summed E-state index contributed by atoms with van der Waals surface area (Å²) in [5.74, 6) is 1.54. The molecule has 100 valence electrons. The van der Waals surface area contributed by atoms with Crippen molar-refractivity contribution in [2.75, 3.05) is 6.54 Å². The molecule has 1 aliphatic heterocycles. The molecule has 1 aliphatic rings. The lowest BCUT2D eigenvalue weighted by Crippen LogP contribution is -2.41. The third kappa shape index (κ3) is 3.38. The van der Waals surface area contributed by atoms with Gasteiger partial charge in [-0.2, -0.15) is 5.10 Å². The van der Waals surface area contributed by atoms with E-state index in [1.165, 1.54) is 6.42 Å². The van der Waals surface area contributed by atoms with Gasteiger partial charge in [-0.25, -0.2) is 9.67 Å². The first-order chi connectivity index (χ1) is 8.66. The molecule has 0 aliphatic carbocycles. The number of nitrogens with one attached hydrogen (secondary N) is 1. The fourth-order valence-corrected chi connectivity index (χ4v) is 2.33. The average molecular weight is 250 g/mol. The van der Waals surface area contributed by atoms with E-state index in [0.29, 0.717) is 12.3 Å². The van der Waals surface area contributed by atoms with Crippen LogP contribution in [0.2, 0.25) is 0 Å². The van der Waals surface area contributed by atoms with Gasteiger partial charge in [-0.1, -0.05) is 20.3 Å². The van der Waals surface area contributed by atoms with Crippen LogP contribution in [0.3, 0.4) is 0 Å². The lowest BCUT2D eigenvalue weighted by atomic mass is 9.99. The van der Waals surface area contributed by atoms with Gasteiger partial charge in [-0.3, -0.25) is 4.79 Å². The highest BCUT2D eigenvalue weighted by Crippen LogP contribution is 2.10. The second-order valence-electron chi connectivity index (χ2n) is 5.40. The summed E-state index contributed by atoms with van der Waals surface area (Å²) < 4.78 is 1.85. The first-order valence-corrected chi connectivity index (χ1v) is 6.79. The Hall–Kier alpha value is -1.23. The molecule has 1 aromatic heterocycles. The molecule has 18 heavy (non-hydrogen) atoms. The minimum Gasteiger partial charge on any atom is -0.307 e. The Labute approximate surface area is 108 Å². The van der Waals surface area contributed by atoms with Gasteiger partial charge in [0.2, 0.25) is 0 Å². The van der Waals surface area contributed by atoms with Crippen LogP contribution in [0.15, 0.2) is 6.33 Å². The van der Waals surface area contributed by atoms with Crippen LogP contribution in [0.1, 0.15) is 38.9 Å². The van der Waals surface area contributed by atoms with Crippen LogP contribution >= 0.6 is 0 Å². The number of rotatable bonds is 5. The topological polar surface area (TPSA) is 59.8 Å². The summed E-state index contributed by atoms with van der Waals surface area (Å²) in [7, 11) is 0. The number of hydrogen-bond acceptors (Lipinski definition) is 4. The molecule has 0 bridgehead atoms. The van der Waals surface area contributed by atoms with Crippen LogP contribution in [0.25, 0.3) is 0 Å². The van der Waals surface area contributed by atoms with Crippen molar-refractivity contribution in [2.24, 2.45) is 5.92 Å². The van der Waals surface area contributed by atoms with Gasteiger partial charge in [0.05, 0.1) is 12.5 Å². The summed E-state index contributed by atoms with van der Waals surface area (Å²) in [6.07, 6.45) is 5.20. The molecule has 0 aromatic carbocycles. The Balaban J connectivity index is 1.95. The second kappa shape index (κ2) is 6.09. The largest absolute Gasteiger partial charge is 0.307 e. The average Bonchev–Trinajstić information content (AvgIpc) is 2.77. The van der Waals surface area contributed by atoms with Crippen molar-refractivity contribution < 1.29 is 4.79 Å². The van der Waals surface area contributed by atoms with Gasteiger partial charge in [-0.05, 0) is 25.3 Å². The molecule has 1 aromatic rings. The van der Waals surface area contributed by atoms with Crippen molar-refractivity contribution in [2.45, 2.75) is 52.1 Å². The summed E-state index contributed by atoms with van der Waals surface area (Å²) in [6.45, 7) is 6.04. The maximum Gasteiger partial charge on any atom is 0.157 e. The molecule has 0 spiro atoms. The molecule has 0 radical (unpaired) electrons. The highest BCUT2D eigenvalue weighted by atomic mass is 16.1. The smallest absolute Gasteiger partial charge is 0.157 e. The Morgan fingerprint density at radius 1 is 1.56 bits per heavy atom. The van der Waals surface area contributed by atoms with Gasteiger partial charge >= 0.3 is 0 Å². The van der Waals surface area contributed by atoms with Crippen molar-refractivity contribution >= 4 is 5.78 Å². The SMILES string of the molecule is CC(C)Cn1ncnc1CC(=O)C1CCCCN1. The van der Waals surface area contributed by atoms with E-state index in [2.05, 4.69) is 29.2 Å². The maximum absolute atomic E-state index is 12.2. The van der Waals surface area contributed by atoms with Gasteiger partial charge in [0, 0.05) is 6.54 Å². The molecule has 5 nitrogen and oxygen atoms in total. The van der Waals surface area contributed by atoms with Gasteiger partial charge < -0.3 is 5.32 Å². The van der Waals surface area contributed by atoms with Crippen molar-refractivity contribution in [3.8, 4) is 0 Å². The molecular formula is C13H22N4O. The predicted octanol–water partition coefficient (Wildman–Crippen LogP) is 1.19. The van der Waals surface area contributed by atoms with Crippen molar-refractivity contribution in [1.29, 1.82) is 0 Å². The van der Waals surface area contributed by atoms with Crippen LogP contribution in [-0.2, 0) is 17.8 Å². The summed E-state index contributed by atoms with van der Waals surface area (Å²) in [5, 5.41) is 7.47. The van der Waals surface area contributed by atoms with Gasteiger partial charge in [-0.15, -0.1) is 0 Å². The van der Waals surface area contributed by atoms with E-state index < -0.39 is 0 Å². The van der Waals surface area contributed by atoms with Crippen LogP contribution < -0.4 is 5.32 Å². The fraction of sp³-hybridized carbons (Fsp3) is 0.769. The molecule has 5 heteroatoms. The number of aromatic nitrogens is 3. The molecule has 1 fully saturated rings. The van der Waals surface area contributed by atoms with E-state index in [1.807, 2.05) is 4.68 Å². The van der Waals surface area contributed by atoms with Gasteiger partial charge in [0.15, 0.2) is 5.78 Å². The highest BCUT2D eigenvalue weighted by molar-refractivity contribution is 5.85. The summed E-state index contributed by atoms with van der Waals surface area (Å²) in [4.78, 5) is 16.4. The minimum atomic E-state index is 0.0166. The molecule has 0 saturated carbocycles. The quantitative estimate of drug-likeness (QED) is 0.852. The molecule has 2 heterocycles. The highest BCUT2D eigenvalue weighted by Gasteiger charge is 2.22. The number of piperidine rings is 1. The zero-order valence-corrected chi connectivity index (χ0v) is 11.2. The maximum atomic E-state index is 12.2. The summed E-state index contributed by atoms with van der Waals surface area (Å²) >= 11 is 0. The molecule has 1 N–H and O–H groups in total. The van der Waals surface area contributed by atoms with E-state index in [-0.39, 0.29) is 11.8 Å². The van der Waals surface area contributed by atoms with E-state index in [4.69, 9.17) is 0 Å². The molecular weight excluding hydrogens is 228 g/mol. The molecule has 0 amide bonds. The van der Waals surface area contributed by atoms with E-state index >= 15 is 0 Å². The normalized spacial score (nSPS) is 20.3. The number of hydrogen-bond donors (Lipinski definition) is 1. The Morgan fingerprint density at radius 2 is 2.39 bits per heavy atom. The zero-order valence-electron chi connectivity index (χ0n) is 11.2. The number of carbonyl (C=O) groups excluding carboxylic acids is 1. The van der Waals surface area contributed by atoms with E-state index in [0.717, 1.165) is 31.8 Å². The Morgan fingerprint density at radius 3 is 3.06 bits per heavy atom. The first-order valence-electron chi connectivity index (χ1n) is 6.79. The predicted molar refractivity (Wildman–Crippen MR) is 69.2 cm³/mol.